The lowest BCUT2D eigenvalue weighted by molar-refractivity contribution is -0.116. The Hall–Kier alpha value is -1.23. The standard InChI is InChI=1S/C9H13ClN5O5PS/c1-20-14-6(5-7(10)22-9(11)13-5)8(16)12-4-2-15(3-4)21(17,18)19/h4H,2-3H2,1H3,(H2,11,13)(H,12,16)(H2,17,18,19). The van der Waals surface area contributed by atoms with Crippen LogP contribution >= 0.6 is 30.7 Å². The topological polar surface area (TPSA) is 150 Å². The number of thiazole rings is 1. The van der Waals surface area contributed by atoms with E-state index < -0.39 is 19.7 Å². The number of nitrogen functional groups attached to an aromatic ring is 1. The maximum absolute atomic E-state index is 12.2. The molecule has 1 aliphatic heterocycles. The van der Waals surface area contributed by atoms with Gasteiger partial charge in [0.15, 0.2) is 10.8 Å². The molecule has 0 unspecified atom stereocenters. The van der Waals surface area contributed by atoms with Crippen molar-refractivity contribution in [2.45, 2.75) is 6.04 Å². The van der Waals surface area contributed by atoms with Crippen molar-refractivity contribution in [3.8, 4) is 0 Å². The third-order valence-electron chi connectivity index (χ3n) is 2.79. The summed E-state index contributed by atoms with van der Waals surface area (Å²) in [6.07, 6.45) is 0. The van der Waals surface area contributed by atoms with Crippen molar-refractivity contribution >= 4 is 47.4 Å². The molecule has 0 aromatic carbocycles. The Morgan fingerprint density at radius 3 is 2.73 bits per heavy atom. The van der Waals surface area contributed by atoms with Crippen LogP contribution in [0.5, 0.6) is 0 Å². The molecule has 2 rings (SSSR count). The minimum Gasteiger partial charge on any atom is -0.398 e. The van der Waals surface area contributed by atoms with Gasteiger partial charge in [0.25, 0.3) is 5.91 Å². The maximum Gasteiger partial charge on any atom is 0.403 e. The molecule has 10 nitrogen and oxygen atoms in total. The summed E-state index contributed by atoms with van der Waals surface area (Å²) in [5, 5.41) is 6.33. The number of carbonyl (C=O) groups is 1. The SMILES string of the molecule is CON=C(C(=O)NC1CN(P(=O)(O)O)C1)c1nc(N)sc1Cl. The van der Waals surface area contributed by atoms with Crippen LogP contribution in [0.3, 0.4) is 0 Å². The predicted molar refractivity (Wildman–Crippen MR) is 80.6 cm³/mol. The third kappa shape index (κ3) is 3.75. The van der Waals surface area contributed by atoms with Crippen molar-refractivity contribution in [1.29, 1.82) is 0 Å². The summed E-state index contributed by atoms with van der Waals surface area (Å²) in [6, 6.07) is -0.420. The lowest BCUT2D eigenvalue weighted by Gasteiger charge is -2.38. The lowest BCUT2D eigenvalue weighted by Crippen LogP contribution is -2.58. The fourth-order valence-corrected chi connectivity index (χ4v) is 3.51. The van der Waals surface area contributed by atoms with Gasteiger partial charge >= 0.3 is 7.75 Å². The van der Waals surface area contributed by atoms with Gasteiger partial charge in [0.1, 0.15) is 17.1 Å². The summed E-state index contributed by atoms with van der Waals surface area (Å²) in [5.74, 6) is -0.621. The molecule has 1 amide bonds. The minimum absolute atomic E-state index is 0.0310. The molecule has 0 radical (unpaired) electrons. The Kier molecular flexibility index (Phi) is 5.05. The van der Waals surface area contributed by atoms with Gasteiger partial charge in [-0.25, -0.2) is 14.2 Å². The molecule has 1 aromatic heterocycles. The van der Waals surface area contributed by atoms with Crippen LogP contribution in [-0.2, 0) is 14.2 Å². The molecular formula is C9H13ClN5O5PS. The van der Waals surface area contributed by atoms with Gasteiger partial charge in [-0.05, 0) is 0 Å². The first-order valence-electron chi connectivity index (χ1n) is 5.87. The summed E-state index contributed by atoms with van der Waals surface area (Å²) in [6.45, 7) is 0.0619. The van der Waals surface area contributed by atoms with Crippen LogP contribution in [-0.4, -0.2) is 57.3 Å². The van der Waals surface area contributed by atoms with E-state index in [9.17, 15) is 9.36 Å². The van der Waals surface area contributed by atoms with Crippen LogP contribution in [0.1, 0.15) is 5.69 Å². The first-order valence-corrected chi connectivity index (χ1v) is 8.63. The molecule has 1 saturated heterocycles. The number of amides is 1. The largest absolute Gasteiger partial charge is 0.403 e. The third-order valence-corrected chi connectivity index (χ3v) is 4.94. The van der Waals surface area contributed by atoms with E-state index in [0.717, 1.165) is 16.0 Å². The molecular weight excluding hydrogens is 357 g/mol. The Labute approximate surface area is 134 Å². The van der Waals surface area contributed by atoms with E-state index in [1.807, 2.05) is 0 Å². The first-order chi connectivity index (χ1) is 10.2. The van der Waals surface area contributed by atoms with Gasteiger partial charge in [0.2, 0.25) is 0 Å². The van der Waals surface area contributed by atoms with Crippen LogP contribution in [0.2, 0.25) is 4.34 Å². The first kappa shape index (κ1) is 17.1. The number of anilines is 1. The molecule has 1 aromatic rings. The van der Waals surface area contributed by atoms with Crippen molar-refractivity contribution in [2.24, 2.45) is 5.16 Å². The monoisotopic (exact) mass is 369 g/mol. The number of oxime groups is 1. The molecule has 22 heavy (non-hydrogen) atoms. The highest BCUT2D eigenvalue weighted by Crippen LogP contribution is 2.43. The lowest BCUT2D eigenvalue weighted by atomic mass is 10.1. The van der Waals surface area contributed by atoms with Gasteiger partial charge in [-0.2, -0.15) is 0 Å². The van der Waals surface area contributed by atoms with E-state index in [0.29, 0.717) is 0 Å². The van der Waals surface area contributed by atoms with Gasteiger partial charge < -0.3 is 25.7 Å². The second-order valence-electron chi connectivity index (χ2n) is 4.35. The smallest absolute Gasteiger partial charge is 0.398 e. The maximum atomic E-state index is 12.2. The van der Waals surface area contributed by atoms with Crippen LogP contribution in [0.15, 0.2) is 5.16 Å². The van der Waals surface area contributed by atoms with E-state index in [2.05, 4.69) is 20.3 Å². The molecule has 1 fully saturated rings. The average Bonchev–Trinajstić information content (AvgIpc) is 2.67. The highest BCUT2D eigenvalue weighted by molar-refractivity contribution is 7.49. The van der Waals surface area contributed by atoms with Gasteiger partial charge in [-0.15, -0.1) is 0 Å². The summed E-state index contributed by atoms with van der Waals surface area (Å²) < 4.78 is 12.1. The van der Waals surface area contributed by atoms with E-state index in [4.69, 9.17) is 27.1 Å². The van der Waals surface area contributed by atoms with Crippen molar-refractivity contribution in [2.75, 3.05) is 25.9 Å². The Balaban J connectivity index is 2.05. The van der Waals surface area contributed by atoms with Crippen LogP contribution in [0.4, 0.5) is 5.13 Å². The molecule has 13 heteroatoms. The molecule has 0 spiro atoms. The summed E-state index contributed by atoms with van der Waals surface area (Å²) in [7, 11) is -3.01. The highest BCUT2D eigenvalue weighted by atomic mass is 35.5. The summed E-state index contributed by atoms with van der Waals surface area (Å²) in [4.78, 5) is 38.6. The fourth-order valence-electron chi connectivity index (χ4n) is 1.76. The second kappa shape index (κ2) is 6.49. The van der Waals surface area contributed by atoms with Crippen molar-refractivity contribution in [1.82, 2.24) is 15.0 Å². The molecule has 1 aliphatic rings. The molecule has 0 bridgehead atoms. The van der Waals surface area contributed by atoms with Crippen molar-refractivity contribution < 1.29 is 24.0 Å². The normalized spacial score (nSPS) is 17.2. The summed E-state index contributed by atoms with van der Waals surface area (Å²) >= 11 is 6.92. The van der Waals surface area contributed by atoms with Crippen molar-refractivity contribution in [3.05, 3.63) is 10.0 Å². The van der Waals surface area contributed by atoms with E-state index in [-0.39, 0.29) is 34.0 Å². The quantitative estimate of drug-likeness (QED) is 0.311. The summed E-state index contributed by atoms with van der Waals surface area (Å²) in [5.41, 5.74) is 5.46. The molecule has 0 saturated carbocycles. The number of aromatic nitrogens is 1. The molecule has 0 atom stereocenters. The Morgan fingerprint density at radius 1 is 1.64 bits per heavy atom. The zero-order valence-electron chi connectivity index (χ0n) is 11.3. The number of nitrogens with one attached hydrogen (secondary N) is 1. The molecule has 122 valence electrons. The van der Waals surface area contributed by atoms with Gasteiger partial charge in [0, 0.05) is 13.1 Å². The fraction of sp³-hybridized carbons (Fsp3) is 0.444. The second-order valence-corrected chi connectivity index (χ2v) is 7.58. The number of carbonyl (C=O) groups excluding carboxylic acids is 1. The molecule has 2 heterocycles. The number of hydrogen-bond donors (Lipinski definition) is 4. The van der Waals surface area contributed by atoms with Crippen LogP contribution < -0.4 is 11.1 Å². The van der Waals surface area contributed by atoms with E-state index in [1.54, 1.807) is 0 Å². The minimum atomic E-state index is -4.27. The van der Waals surface area contributed by atoms with E-state index in [1.165, 1.54) is 7.11 Å². The zero-order valence-corrected chi connectivity index (χ0v) is 13.7. The van der Waals surface area contributed by atoms with Crippen LogP contribution in [0, 0.1) is 0 Å². The Morgan fingerprint density at radius 2 is 2.27 bits per heavy atom. The number of nitrogens with zero attached hydrogens (tertiary/aromatic N) is 3. The zero-order chi connectivity index (χ0) is 16.5. The van der Waals surface area contributed by atoms with Crippen LogP contribution in [0.25, 0.3) is 0 Å². The average molecular weight is 370 g/mol. The number of hydrogen-bond acceptors (Lipinski definition) is 7. The predicted octanol–water partition coefficient (Wildman–Crippen LogP) is -0.378. The van der Waals surface area contributed by atoms with E-state index >= 15 is 0 Å². The highest BCUT2D eigenvalue weighted by Gasteiger charge is 2.39. The molecule has 0 aliphatic carbocycles. The number of halogens is 1. The van der Waals surface area contributed by atoms with Gasteiger partial charge in [-0.3, -0.25) is 4.79 Å². The Bertz CT molecular complexity index is 655. The van der Waals surface area contributed by atoms with Gasteiger partial charge in [0.05, 0.1) is 6.04 Å². The number of rotatable bonds is 5. The molecule has 5 N–H and O–H groups in total. The number of nitrogens with two attached hydrogens (primary N) is 1. The van der Waals surface area contributed by atoms with Crippen molar-refractivity contribution in [3.63, 3.8) is 0 Å². The van der Waals surface area contributed by atoms with Gasteiger partial charge in [-0.1, -0.05) is 28.1 Å².